The van der Waals surface area contributed by atoms with E-state index in [-0.39, 0.29) is 0 Å². The van der Waals surface area contributed by atoms with Crippen LogP contribution in [0.5, 0.6) is 5.75 Å². The maximum Gasteiger partial charge on any atom is 0.412 e. The molecule has 1 aromatic carbocycles. The van der Waals surface area contributed by atoms with Crippen molar-refractivity contribution in [3.63, 3.8) is 0 Å². The van der Waals surface area contributed by atoms with Crippen LogP contribution >= 0.6 is 11.3 Å². The molecule has 1 aromatic heterocycles. The Labute approximate surface area is 135 Å². The number of amides is 1. The van der Waals surface area contributed by atoms with Crippen LogP contribution < -0.4 is 9.64 Å². The molecule has 0 spiro atoms. The molecule has 0 radical (unpaired) electrons. The van der Waals surface area contributed by atoms with Gasteiger partial charge in [0, 0.05) is 10.3 Å². The van der Waals surface area contributed by atoms with Gasteiger partial charge < -0.3 is 9.84 Å². The molecule has 5 heteroatoms. The van der Waals surface area contributed by atoms with Gasteiger partial charge in [-0.1, -0.05) is 43.7 Å². The van der Waals surface area contributed by atoms with Gasteiger partial charge in [0.2, 0.25) is 0 Å². The molecule has 1 N–H and O–H groups in total. The van der Waals surface area contributed by atoms with Crippen LogP contribution in [0, 0.1) is 6.92 Å². The van der Waals surface area contributed by atoms with Crippen LogP contribution in [0.15, 0.2) is 35.7 Å². The summed E-state index contributed by atoms with van der Waals surface area (Å²) in [5.74, 6) is 0.661. The van der Waals surface area contributed by atoms with Crippen molar-refractivity contribution >= 4 is 23.1 Å². The summed E-state index contributed by atoms with van der Waals surface area (Å²) in [6.07, 6.45) is 1.04. The van der Waals surface area contributed by atoms with Crippen LogP contribution in [-0.2, 0) is 6.54 Å². The first-order chi connectivity index (χ1) is 10.6. The fraction of sp³-hybridized carbons (Fsp3) is 0.353. The van der Waals surface area contributed by atoms with Crippen molar-refractivity contribution in [2.75, 3.05) is 11.5 Å². The van der Waals surface area contributed by atoms with Crippen molar-refractivity contribution in [1.82, 2.24) is 0 Å². The monoisotopic (exact) mass is 319 g/mol. The molecule has 1 heterocycles. The van der Waals surface area contributed by atoms with Crippen LogP contribution in [0.1, 0.15) is 30.2 Å². The number of ether oxygens (including phenoxy) is 1. The highest BCUT2D eigenvalue weighted by Gasteiger charge is 2.23. The van der Waals surface area contributed by atoms with Gasteiger partial charge in [0.1, 0.15) is 5.69 Å². The molecule has 118 valence electrons. The summed E-state index contributed by atoms with van der Waals surface area (Å²) in [5.41, 5.74) is 1.62. The fourth-order valence-corrected chi connectivity index (χ4v) is 2.97. The van der Waals surface area contributed by atoms with Gasteiger partial charge in [0.05, 0.1) is 13.2 Å². The Balaban J connectivity index is 2.24. The second kappa shape index (κ2) is 7.84. The number of unbranched alkanes of at least 4 members (excludes halogenated alkanes) is 1. The Morgan fingerprint density at radius 3 is 2.68 bits per heavy atom. The molecule has 0 aliphatic carbocycles. The molecule has 0 aliphatic heterocycles. The highest BCUT2D eigenvalue weighted by molar-refractivity contribution is 7.10. The zero-order valence-corrected chi connectivity index (χ0v) is 13.7. The van der Waals surface area contributed by atoms with E-state index in [0.29, 0.717) is 24.6 Å². The lowest BCUT2D eigenvalue weighted by molar-refractivity contribution is 0.201. The Bertz CT molecular complexity index is 610. The van der Waals surface area contributed by atoms with Crippen molar-refractivity contribution in [2.45, 2.75) is 33.2 Å². The molecule has 2 rings (SSSR count). The molecular weight excluding hydrogens is 298 g/mol. The summed E-state index contributed by atoms with van der Waals surface area (Å²) in [6, 6.07) is 9.59. The molecule has 0 fully saturated rings. The molecule has 22 heavy (non-hydrogen) atoms. The lowest BCUT2D eigenvalue weighted by Gasteiger charge is -2.21. The predicted octanol–water partition coefficient (Wildman–Crippen LogP) is 4.92. The van der Waals surface area contributed by atoms with Crippen LogP contribution in [0.4, 0.5) is 10.5 Å². The number of rotatable bonds is 7. The highest BCUT2D eigenvalue weighted by Crippen LogP contribution is 2.38. The second-order valence-corrected chi connectivity index (χ2v) is 6.14. The van der Waals surface area contributed by atoms with Crippen LogP contribution in [0.25, 0.3) is 0 Å². The number of hydrogen-bond acceptors (Lipinski definition) is 3. The number of nitrogens with zero attached hydrogens (tertiary/aromatic N) is 1. The summed E-state index contributed by atoms with van der Waals surface area (Å²) in [5, 5.41) is 11.5. The molecule has 4 nitrogen and oxygen atoms in total. The minimum atomic E-state index is -0.967. The van der Waals surface area contributed by atoms with Gasteiger partial charge in [-0.15, -0.1) is 11.3 Å². The van der Waals surface area contributed by atoms with Crippen molar-refractivity contribution in [1.29, 1.82) is 0 Å². The zero-order chi connectivity index (χ0) is 15.9. The van der Waals surface area contributed by atoms with Crippen molar-refractivity contribution in [2.24, 2.45) is 0 Å². The summed E-state index contributed by atoms with van der Waals surface area (Å²) < 4.78 is 5.77. The lowest BCUT2D eigenvalue weighted by Crippen LogP contribution is -2.29. The van der Waals surface area contributed by atoms with Crippen molar-refractivity contribution in [3.8, 4) is 5.75 Å². The van der Waals surface area contributed by atoms with E-state index < -0.39 is 6.09 Å². The molecule has 0 aliphatic rings. The Hall–Kier alpha value is -2.01. The van der Waals surface area contributed by atoms with Gasteiger partial charge in [0.25, 0.3) is 0 Å². The maximum absolute atomic E-state index is 11.7. The highest BCUT2D eigenvalue weighted by atomic mass is 32.1. The minimum Gasteiger partial charge on any atom is -0.491 e. The number of anilines is 1. The normalized spacial score (nSPS) is 10.5. The van der Waals surface area contributed by atoms with E-state index in [0.717, 1.165) is 23.3 Å². The van der Waals surface area contributed by atoms with Crippen LogP contribution in [0.3, 0.4) is 0 Å². The molecule has 0 saturated carbocycles. The fourth-order valence-electron chi connectivity index (χ4n) is 2.19. The van der Waals surface area contributed by atoms with Gasteiger partial charge >= 0.3 is 6.09 Å². The molecule has 0 atom stereocenters. The Kier molecular flexibility index (Phi) is 5.83. The summed E-state index contributed by atoms with van der Waals surface area (Å²) in [6.45, 7) is 4.95. The summed E-state index contributed by atoms with van der Waals surface area (Å²) >= 11 is 1.52. The third-order valence-electron chi connectivity index (χ3n) is 3.35. The first-order valence-corrected chi connectivity index (χ1v) is 8.26. The largest absolute Gasteiger partial charge is 0.491 e. The molecule has 2 aromatic rings. The lowest BCUT2D eigenvalue weighted by atomic mass is 10.2. The van der Waals surface area contributed by atoms with E-state index in [9.17, 15) is 9.90 Å². The van der Waals surface area contributed by atoms with Gasteiger partial charge in [-0.3, -0.25) is 4.90 Å². The van der Waals surface area contributed by atoms with Gasteiger partial charge in [0.15, 0.2) is 5.75 Å². The summed E-state index contributed by atoms with van der Waals surface area (Å²) in [7, 11) is 0. The van der Waals surface area contributed by atoms with E-state index in [1.165, 1.54) is 16.2 Å². The van der Waals surface area contributed by atoms with E-state index in [1.54, 1.807) is 0 Å². The molecule has 0 saturated heterocycles. The minimum absolute atomic E-state index is 0.317. The Morgan fingerprint density at radius 2 is 2.05 bits per heavy atom. The van der Waals surface area contributed by atoms with Gasteiger partial charge in [-0.2, -0.15) is 0 Å². The first kappa shape index (κ1) is 16.4. The number of thiophene rings is 1. The molecule has 0 bridgehead atoms. The van der Waals surface area contributed by atoms with E-state index in [1.807, 2.05) is 42.6 Å². The maximum atomic E-state index is 11.7. The van der Waals surface area contributed by atoms with Crippen LogP contribution in [-0.4, -0.2) is 17.8 Å². The first-order valence-electron chi connectivity index (χ1n) is 7.38. The molecular formula is C17H21NO3S. The second-order valence-electron chi connectivity index (χ2n) is 5.06. The number of benzene rings is 1. The van der Waals surface area contributed by atoms with Crippen molar-refractivity contribution < 1.29 is 14.6 Å². The SMILES string of the molecule is CCCCOc1csc(C)c1N(Cc1ccccc1)C(=O)O. The van der Waals surface area contributed by atoms with Gasteiger partial charge in [-0.25, -0.2) is 4.79 Å². The van der Waals surface area contributed by atoms with E-state index >= 15 is 0 Å². The number of carboxylic acid groups (broad SMARTS) is 1. The van der Waals surface area contributed by atoms with E-state index in [2.05, 4.69) is 6.92 Å². The average Bonchev–Trinajstić information content (AvgIpc) is 2.87. The van der Waals surface area contributed by atoms with Crippen molar-refractivity contribution in [3.05, 3.63) is 46.2 Å². The smallest absolute Gasteiger partial charge is 0.412 e. The summed E-state index contributed by atoms with van der Waals surface area (Å²) in [4.78, 5) is 14.0. The average molecular weight is 319 g/mol. The zero-order valence-electron chi connectivity index (χ0n) is 12.9. The van der Waals surface area contributed by atoms with E-state index in [4.69, 9.17) is 4.74 Å². The third-order valence-corrected chi connectivity index (χ3v) is 4.23. The number of aryl methyl sites for hydroxylation is 1. The third kappa shape index (κ3) is 4.01. The molecule has 0 unspecified atom stereocenters. The topological polar surface area (TPSA) is 49.8 Å². The standard InChI is InChI=1S/C17H21NO3S/c1-3-4-10-21-15-12-22-13(2)16(15)18(17(19)20)11-14-8-6-5-7-9-14/h5-9,12H,3-4,10-11H2,1-2H3,(H,19,20). The Morgan fingerprint density at radius 1 is 1.32 bits per heavy atom. The van der Waals surface area contributed by atoms with Crippen LogP contribution in [0.2, 0.25) is 0 Å². The number of hydrogen-bond donors (Lipinski definition) is 1. The quantitative estimate of drug-likeness (QED) is 0.737. The predicted molar refractivity (Wildman–Crippen MR) is 90.1 cm³/mol. The molecule has 1 amide bonds. The van der Waals surface area contributed by atoms with Gasteiger partial charge in [-0.05, 0) is 18.9 Å². The number of carbonyl (C=O) groups is 1.